The lowest BCUT2D eigenvalue weighted by atomic mass is 10.2. The molecule has 1 aliphatic rings. The van der Waals surface area contributed by atoms with Gasteiger partial charge < -0.3 is 9.84 Å². The zero-order valence-corrected chi connectivity index (χ0v) is 13.2. The van der Waals surface area contributed by atoms with Crippen molar-refractivity contribution >= 4 is 23.2 Å². The van der Waals surface area contributed by atoms with Crippen LogP contribution in [0.1, 0.15) is 18.8 Å². The van der Waals surface area contributed by atoms with Crippen LogP contribution < -0.4 is 5.32 Å². The lowest BCUT2D eigenvalue weighted by Crippen LogP contribution is -2.44. The zero-order valence-electron chi connectivity index (χ0n) is 11.6. The summed E-state index contributed by atoms with van der Waals surface area (Å²) in [5.41, 5.74) is 0.590. The summed E-state index contributed by atoms with van der Waals surface area (Å²) in [5.74, 6) is 1.02. The van der Waals surface area contributed by atoms with Crippen molar-refractivity contribution in [2.24, 2.45) is 0 Å². The van der Waals surface area contributed by atoms with Gasteiger partial charge in [0.15, 0.2) is 5.82 Å². The Labute approximate surface area is 133 Å². The Morgan fingerprint density at radius 3 is 2.57 bits per heavy atom. The Morgan fingerprint density at radius 2 is 1.90 bits per heavy atom. The smallest absolute Gasteiger partial charge is 0.261 e. The molecule has 1 fully saturated rings. The number of aromatic nitrogens is 2. The second-order valence-electron chi connectivity index (χ2n) is 5.02. The Hall–Kier alpha value is -1.14. The third kappa shape index (κ3) is 3.06. The van der Waals surface area contributed by atoms with Crippen molar-refractivity contribution in [1.82, 2.24) is 20.4 Å². The summed E-state index contributed by atoms with van der Waals surface area (Å²) >= 11 is 12.3. The van der Waals surface area contributed by atoms with Gasteiger partial charge in [-0.1, -0.05) is 34.4 Å². The van der Waals surface area contributed by atoms with Crippen molar-refractivity contribution in [2.45, 2.75) is 13.0 Å². The Kier molecular flexibility index (Phi) is 4.45. The molecule has 1 aromatic heterocycles. The molecule has 112 valence electrons. The predicted molar refractivity (Wildman–Crippen MR) is 82.6 cm³/mol. The van der Waals surface area contributed by atoms with Gasteiger partial charge in [0.2, 0.25) is 0 Å². The third-order valence-electron chi connectivity index (χ3n) is 3.69. The SMILES string of the molecule is CC(c1noc(-c2c(Cl)cccc2Cl)n1)N1CCNCC1. The fourth-order valence-electron chi connectivity index (χ4n) is 2.44. The first-order valence-electron chi connectivity index (χ1n) is 6.89. The van der Waals surface area contributed by atoms with Crippen LogP contribution in [0.3, 0.4) is 0 Å². The van der Waals surface area contributed by atoms with Gasteiger partial charge in [0, 0.05) is 26.2 Å². The summed E-state index contributed by atoms with van der Waals surface area (Å²) < 4.78 is 5.35. The fraction of sp³-hybridized carbons (Fsp3) is 0.429. The third-order valence-corrected chi connectivity index (χ3v) is 4.32. The van der Waals surface area contributed by atoms with E-state index in [1.54, 1.807) is 18.2 Å². The van der Waals surface area contributed by atoms with E-state index in [4.69, 9.17) is 27.7 Å². The van der Waals surface area contributed by atoms with Gasteiger partial charge in [-0.25, -0.2) is 0 Å². The lowest BCUT2D eigenvalue weighted by Gasteiger charge is -2.30. The monoisotopic (exact) mass is 326 g/mol. The number of nitrogens with zero attached hydrogens (tertiary/aromatic N) is 3. The van der Waals surface area contributed by atoms with Crippen LogP contribution in [0, 0.1) is 0 Å². The highest BCUT2D eigenvalue weighted by molar-refractivity contribution is 6.38. The lowest BCUT2D eigenvalue weighted by molar-refractivity contribution is 0.176. The first-order chi connectivity index (χ1) is 10.2. The molecule has 5 nitrogen and oxygen atoms in total. The minimum atomic E-state index is 0.103. The molecule has 21 heavy (non-hydrogen) atoms. The number of nitrogens with one attached hydrogen (secondary N) is 1. The zero-order chi connectivity index (χ0) is 14.8. The van der Waals surface area contributed by atoms with Crippen molar-refractivity contribution in [3.63, 3.8) is 0 Å². The molecule has 1 saturated heterocycles. The van der Waals surface area contributed by atoms with Crippen molar-refractivity contribution in [2.75, 3.05) is 26.2 Å². The molecule has 1 aromatic carbocycles. The van der Waals surface area contributed by atoms with Crippen LogP contribution in [-0.4, -0.2) is 41.2 Å². The Morgan fingerprint density at radius 1 is 1.24 bits per heavy atom. The van der Waals surface area contributed by atoms with Gasteiger partial charge in [-0.05, 0) is 19.1 Å². The number of halogens is 2. The second-order valence-corrected chi connectivity index (χ2v) is 5.83. The molecule has 0 radical (unpaired) electrons. The van der Waals surface area contributed by atoms with Crippen molar-refractivity contribution in [1.29, 1.82) is 0 Å². The molecule has 0 amide bonds. The minimum Gasteiger partial charge on any atom is -0.334 e. The second kappa shape index (κ2) is 6.32. The van der Waals surface area contributed by atoms with Crippen LogP contribution in [0.25, 0.3) is 11.5 Å². The molecule has 2 aromatic rings. The topological polar surface area (TPSA) is 54.2 Å². The molecular formula is C14H16Cl2N4O. The van der Waals surface area contributed by atoms with E-state index in [0.717, 1.165) is 26.2 Å². The quantitative estimate of drug-likeness (QED) is 0.939. The van der Waals surface area contributed by atoms with E-state index in [1.165, 1.54) is 0 Å². The van der Waals surface area contributed by atoms with Crippen molar-refractivity contribution in [3.05, 3.63) is 34.1 Å². The number of hydrogen-bond donors (Lipinski definition) is 1. The molecule has 7 heteroatoms. The number of rotatable bonds is 3. The molecule has 0 bridgehead atoms. The summed E-state index contributed by atoms with van der Waals surface area (Å²) in [6.45, 7) is 5.97. The first kappa shape index (κ1) is 14.8. The Balaban J connectivity index is 1.86. The van der Waals surface area contributed by atoms with Crippen LogP contribution in [0.2, 0.25) is 10.0 Å². The maximum Gasteiger partial charge on any atom is 0.261 e. The predicted octanol–water partition coefficient (Wildman–Crippen LogP) is 3.01. The minimum absolute atomic E-state index is 0.103. The van der Waals surface area contributed by atoms with Crippen LogP contribution in [0.4, 0.5) is 0 Å². The summed E-state index contributed by atoms with van der Waals surface area (Å²) in [6.07, 6.45) is 0. The fourth-order valence-corrected chi connectivity index (χ4v) is 3.00. The van der Waals surface area contributed by atoms with Gasteiger partial charge in [-0.2, -0.15) is 4.98 Å². The molecule has 0 aliphatic carbocycles. The number of piperazine rings is 1. The average Bonchev–Trinajstić information content (AvgIpc) is 2.97. The van der Waals surface area contributed by atoms with E-state index in [0.29, 0.717) is 27.3 Å². The van der Waals surface area contributed by atoms with E-state index in [1.807, 2.05) is 0 Å². The van der Waals surface area contributed by atoms with E-state index in [2.05, 4.69) is 27.3 Å². The summed E-state index contributed by atoms with van der Waals surface area (Å²) in [6, 6.07) is 5.40. The highest BCUT2D eigenvalue weighted by Crippen LogP contribution is 2.34. The summed E-state index contributed by atoms with van der Waals surface area (Å²) in [5, 5.41) is 8.42. The van der Waals surface area contributed by atoms with Crippen LogP contribution in [0.15, 0.2) is 22.7 Å². The van der Waals surface area contributed by atoms with Crippen LogP contribution >= 0.6 is 23.2 Å². The van der Waals surface area contributed by atoms with Crippen molar-refractivity contribution in [3.8, 4) is 11.5 Å². The first-order valence-corrected chi connectivity index (χ1v) is 7.65. The number of benzene rings is 1. The van der Waals surface area contributed by atoms with Gasteiger partial charge in [0.25, 0.3) is 5.89 Å². The summed E-state index contributed by atoms with van der Waals surface area (Å²) in [7, 11) is 0. The maximum atomic E-state index is 6.17. The van der Waals surface area contributed by atoms with E-state index >= 15 is 0 Å². The van der Waals surface area contributed by atoms with Gasteiger partial charge in [-0.15, -0.1) is 0 Å². The largest absolute Gasteiger partial charge is 0.334 e. The molecule has 1 unspecified atom stereocenters. The van der Waals surface area contributed by atoms with E-state index < -0.39 is 0 Å². The van der Waals surface area contributed by atoms with Gasteiger partial charge in [0.05, 0.1) is 21.7 Å². The molecule has 1 aliphatic heterocycles. The molecule has 1 N–H and O–H groups in total. The highest BCUT2D eigenvalue weighted by Gasteiger charge is 2.24. The standard InChI is InChI=1S/C14H16Cl2N4O/c1-9(20-7-5-17-6-8-20)13-18-14(21-19-13)12-10(15)3-2-4-11(12)16/h2-4,9,17H,5-8H2,1H3. The molecular weight excluding hydrogens is 311 g/mol. The normalized spacial score (nSPS) is 17.9. The van der Waals surface area contributed by atoms with Gasteiger partial charge >= 0.3 is 0 Å². The summed E-state index contributed by atoms with van der Waals surface area (Å²) in [4.78, 5) is 6.79. The molecule has 2 heterocycles. The maximum absolute atomic E-state index is 6.17. The van der Waals surface area contributed by atoms with Crippen LogP contribution in [0.5, 0.6) is 0 Å². The molecule has 1 atom stereocenters. The van der Waals surface area contributed by atoms with E-state index in [-0.39, 0.29) is 6.04 Å². The van der Waals surface area contributed by atoms with Gasteiger partial charge in [0.1, 0.15) is 0 Å². The van der Waals surface area contributed by atoms with Gasteiger partial charge in [-0.3, -0.25) is 4.90 Å². The molecule has 0 spiro atoms. The Bertz CT molecular complexity index is 605. The molecule has 0 saturated carbocycles. The van der Waals surface area contributed by atoms with E-state index in [9.17, 15) is 0 Å². The van der Waals surface area contributed by atoms with Crippen LogP contribution in [-0.2, 0) is 0 Å². The average molecular weight is 327 g/mol. The number of hydrogen-bond acceptors (Lipinski definition) is 5. The molecule has 3 rings (SSSR count). The van der Waals surface area contributed by atoms with Crippen molar-refractivity contribution < 1.29 is 4.52 Å². The highest BCUT2D eigenvalue weighted by atomic mass is 35.5.